The first kappa shape index (κ1) is 16.1. The first-order chi connectivity index (χ1) is 12.2. The molecule has 1 saturated carbocycles. The van der Waals surface area contributed by atoms with Crippen molar-refractivity contribution in [3.8, 4) is 17.3 Å². The van der Waals surface area contributed by atoms with Crippen molar-refractivity contribution in [1.29, 1.82) is 5.26 Å². The number of nitriles is 1. The predicted octanol–water partition coefficient (Wildman–Crippen LogP) is 5.20. The van der Waals surface area contributed by atoms with Crippen molar-refractivity contribution in [2.45, 2.75) is 38.6 Å². The van der Waals surface area contributed by atoms with Crippen LogP contribution in [0.25, 0.3) is 22.3 Å². The van der Waals surface area contributed by atoms with Crippen LogP contribution in [-0.2, 0) is 6.54 Å². The molecule has 1 aromatic carbocycles. The van der Waals surface area contributed by atoms with Gasteiger partial charge < -0.3 is 4.57 Å². The third-order valence-electron chi connectivity index (χ3n) is 4.99. The Morgan fingerprint density at radius 2 is 2.00 bits per heavy atom. The SMILES string of the molecule is N#Cc1nc(-c2cccc(Cl)c2)c2c(ccn2CC2CCCCC2)n1. The fraction of sp³-hybridized carbons (Fsp3) is 0.350. The average molecular weight is 351 g/mol. The largest absolute Gasteiger partial charge is 0.344 e. The van der Waals surface area contributed by atoms with Crippen LogP contribution in [0.2, 0.25) is 5.02 Å². The van der Waals surface area contributed by atoms with Crippen molar-refractivity contribution >= 4 is 22.6 Å². The molecule has 0 spiro atoms. The minimum Gasteiger partial charge on any atom is -0.344 e. The highest BCUT2D eigenvalue weighted by Gasteiger charge is 2.18. The van der Waals surface area contributed by atoms with Gasteiger partial charge in [-0.15, -0.1) is 0 Å². The molecule has 1 fully saturated rings. The second-order valence-corrected chi connectivity index (χ2v) is 7.16. The van der Waals surface area contributed by atoms with E-state index in [9.17, 15) is 5.26 Å². The second kappa shape index (κ2) is 6.85. The summed E-state index contributed by atoms with van der Waals surface area (Å²) in [6.45, 7) is 0.978. The van der Waals surface area contributed by atoms with Crippen LogP contribution < -0.4 is 0 Å². The normalized spacial score (nSPS) is 15.4. The Labute approximate surface area is 152 Å². The van der Waals surface area contributed by atoms with E-state index >= 15 is 0 Å². The van der Waals surface area contributed by atoms with Crippen molar-refractivity contribution in [3.63, 3.8) is 0 Å². The first-order valence-corrected chi connectivity index (χ1v) is 9.15. The number of halogens is 1. The van der Waals surface area contributed by atoms with Gasteiger partial charge in [-0.25, -0.2) is 9.97 Å². The summed E-state index contributed by atoms with van der Waals surface area (Å²) in [6.07, 6.45) is 8.63. The van der Waals surface area contributed by atoms with E-state index in [2.05, 4.69) is 26.8 Å². The van der Waals surface area contributed by atoms with Gasteiger partial charge >= 0.3 is 0 Å². The lowest BCUT2D eigenvalue weighted by Crippen LogP contribution is -2.14. The highest BCUT2D eigenvalue weighted by atomic mass is 35.5. The molecule has 1 aliphatic rings. The van der Waals surface area contributed by atoms with Crippen LogP contribution in [0.15, 0.2) is 36.5 Å². The molecule has 0 bridgehead atoms. The number of nitrogens with zero attached hydrogens (tertiary/aromatic N) is 4. The summed E-state index contributed by atoms with van der Waals surface area (Å²) >= 11 is 6.17. The zero-order chi connectivity index (χ0) is 17.2. The highest BCUT2D eigenvalue weighted by molar-refractivity contribution is 6.30. The number of fused-ring (bicyclic) bond motifs is 1. The molecule has 4 nitrogen and oxygen atoms in total. The minimum absolute atomic E-state index is 0.192. The van der Waals surface area contributed by atoms with Crippen LogP contribution in [0.3, 0.4) is 0 Å². The molecule has 0 radical (unpaired) electrons. The zero-order valence-electron chi connectivity index (χ0n) is 14.0. The van der Waals surface area contributed by atoms with Crippen LogP contribution in [0, 0.1) is 17.2 Å². The summed E-state index contributed by atoms with van der Waals surface area (Å²) in [5, 5.41) is 9.94. The van der Waals surface area contributed by atoms with Crippen LogP contribution in [-0.4, -0.2) is 14.5 Å². The fourth-order valence-corrected chi connectivity index (χ4v) is 3.98. The fourth-order valence-electron chi connectivity index (χ4n) is 3.79. The van der Waals surface area contributed by atoms with E-state index in [1.54, 1.807) is 0 Å². The molecule has 0 saturated heterocycles. The summed E-state index contributed by atoms with van der Waals surface area (Å²) in [6, 6.07) is 11.7. The third kappa shape index (κ3) is 3.25. The molecule has 2 heterocycles. The quantitative estimate of drug-likeness (QED) is 0.652. The number of aromatic nitrogens is 3. The van der Waals surface area contributed by atoms with E-state index in [1.807, 2.05) is 30.3 Å². The Balaban J connectivity index is 1.84. The standard InChI is InChI=1S/C20H19ClN4/c21-16-8-4-7-15(11-16)19-20-17(23-18(12-22)24-19)9-10-25(20)13-14-5-2-1-3-6-14/h4,7-11,14H,1-3,5-6,13H2. The van der Waals surface area contributed by atoms with Crippen molar-refractivity contribution in [2.24, 2.45) is 5.92 Å². The molecular formula is C20H19ClN4. The van der Waals surface area contributed by atoms with Gasteiger partial charge in [0.1, 0.15) is 6.07 Å². The molecule has 5 heteroatoms. The van der Waals surface area contributed by atoms with Crippen molar-refractivity contribution < 1.29 is 0 Å². The van der Waals surface area contributed by atoms with E-state index in [-0.39, 0.29) is 5.82 Å². The lowest BCUT2D eigenvalue weighted by atomic mass is 9.89. The lowest BCUT2D eigenvalue weighted by Gasteiger charge is -2.22. The number of hydrogen-bond acceptors (Lipinski definition) is 3. The van der Waals surface area contributed by atoms with Gasteiger partial charge in [0, 0.05) is 23.3 Å². The van der Waals surface area contributed by atoms with Crippen molar-refractivity contribution in [3.05, 3.63) is 47.4 Å². The molecule has 1 aliphatic carbocycles. The van der Waals surface area contributed by atoms with Gasteiger partial charge in [0.15, 0.2) is 0 Å². The molecule has 0 unspecified atom stereocenters. The van der Waals surface area contributed by atoms with Gasteiger partial charge in [-0.3, -0.25) is 0 Å². The smallest absolute Gasteiger partial charge is 0.233 e. The van der Waals surface area contributed by atoms with E-state index in [0.717, 1.165) is 28.8 Å². The summed E-state index contributed by atoms with van der Waals surface area (Å²) < 4.78 is 2.25. The Hall–Kier alpha value is -2.38. The van der Waals surface area contributed by atoms with E-state index in [4.69, 9.17) is 11.6 Å². The topological polar surface area (TPSA) is 54.5 Å². The van der Waals surface area contributed by atoms with Gasteiger partial charge in [0.2, 0.25) is 5.82 Å². The Kier molecular flexibility index (Phi) is 4.42. The molecule has 2 aromatic heterocycles. The predicted molar refractivity (Wildman–Crippen MR) is 99.3 cm³/mol. The number of hydrogen-bond donors (Lipinski definition) is 0. The number of rotatable bonds is 3. The monoisotopic (exact) mass is 350 g/mol. The summed E-state index contributed by atoms with van der Waals surface area (Å²) in [5.41, 5.74) is 3.51. The molecule has 0 atom stereocenters. The Morgan fingerprint density at radius 1 is 1.16 bits per heavy atom. The maximum absolute atomic E-state index is 9.28. The zero-order valence-corrected chi connectivity index (χ0v) is 14.7. The summed E-state index contributed by atoms with van der Waals surface area (Å²) in [4.78, 5) is 8.90. The third-order valence-corrected chi connectivity index (χ3v) is 5.22. The maximum Gasteiger partial charge on any atom is 0.233 e. The van der Waals surface area contributed by atoms with Gasteiger partial charge in [-0.05, 0) is 37.0 Å². The number of benzene rings is 1. The first-order valence-electron chi connectivity index (χ1n) is 8.77. The van der Waals surface area contributed by atoms with Gasteiger partial charge in [0.25, 0.3) is 0 Å². The van der Waals surface area contributed by atoms with Gasteiger partial charge in [0.05, 0.1) is 16.7 Å². The Bertz CT molecular complexity index is 948. The van der Waals surface area contributed by atoms with E-state index < -0.39 is 0 Å². The summed E-state index contributed by atoms with van der Waals surface area (Å²) in [5.74, 6) is 0.894. The molecule has 4 rings (SSSR count). The minimum atomic E-state index is 0.192. The van der Waals surface area contributed by atoms with E-state index in [1.165, 1.54) is 32.1 Å². The highest BCUT2D eigenvalue weighted by Crippen LogP contribution is 2.31. The van der Waals surface area contributed by atoms with Crippen LogP contribution in [0.4, 0.5) is 0 Å². The molecule has 0 N–H and O–H groups in total. The average Bonchev–Trinajstić information content (AvgIpc) is 3.04. The summed E-state index contributed by atoms with van der Waals surface area (Å²) in [7, 11) is 0. The van der Waals surface area contributed by atoms with Crippen molar-refractivity contribution in [2.75, 3.05) is 0 Å². The van der Waals surface area contributed by atoms with Gasteiger partial charge in [-0.1, -0.05) is 43.0 Å². The van der Waals surface area contributed by atoms with Crippen LogP contribution >= 0.6 is 11.6 Å². The molecule has 0 amide bonds. The van der Waals surface area contributed by atoms with E-state index in [0.29, 0.717) is 10.9 Å². The van der Waals surface area contributed by atoms with Crippen LogP contribution in [0.1, 0.15) is 37.9 Å². The second-order valence-electron chi connectivity index (χ2n) is 6.72. The molecule has 126 valence electrons. The molecule has 25 heavy (non-hydrogen) atoms. The maximum atomic E-state index is 9.28. The molecule has 3 aromatic rings. The van der Waals surface area contributed by atoms with Gasteiger partial charge in [-0.2, -0.15) is 5.26 Å². The van der Waals surface area contributed by atoms with Crippen LogP contribution in [0.5, 0.6) is 0 Å². The van der Waals surface area contributed by atoms with Crippen molar-refractivity contribution in [1.82, 2.24) is 14.5 Å². The molecule has 0 aliphatic heterocycles. The lowest BCUT2D eigenvalue weighted by molar-refractivity contribution is 0.322. The Morgan fingerprint density at radius 3 is 2.76 bits per heavy atom. The molecular weight excluding hydrogens is 332 g/mol.